The highest BCUT2D eigenvalue weighted by Gasteiger charge is 2.49. The lowest BCUT2D eigenvalue weighted by Crippen LogP contribution is -2.48. The quantitative estimate of drug-likeness (QED) is 0.509. The lowest BCUT2D eigenvalue weighted by atomic mass is 10.1. The number of benzene rings is 2. The second-order valence-electron chi connectivity index (χ2n) is 8.82. The van der Waals surface area contributed by atoms with Crippen molar-refractivity contribution >= 4 is 29.7 Å². The van der Waals surface area contributed by atoms with E-state index >= 15 is 0 Å². The molecule has 0 radical (unpaired) electrons. The highest BCUT2D eigenvalue weighted by Crippen LogP contribution is 2.41. The van der Waals surface area contributed by atoms with Gasteiger partial charge in [-0.15, -0.1) is 0 Å². The number of amides is 2. The minimum atomic E-state index is -0.792. The summed E-state index contributed by atoms with van der Waals surface area (Å²) in [6.45, 7) is 1.41. The zero-order valence-electron chi connectivity index (χ0n) is 20.0. The predicted molar refractivity (Wildman–Crippen MR) is 131 cm³/mol. The average molecular weight is 510 g/mol. The average Bonchev–Trinajstić information content (AvgIpc) is 3.56. The van der Waals surface area contributed by atoms with Gasteiger partial charge < -0.3 is 19.9 Å². The summed E-state index contributed by atoms with van der Waals surface area (Å²) in [4.78, 5) is 45.0. The van der Waals surface area contributed by atoms with Crippen molar-refractivity contribution in [2.24, 2.45) is 4.99 Å². The van der Waals surface area contributed by atoms with Crippen molar-refractivity contribution in [1.82, 2.24) is 14.5 Å². The van der Waals surface area contributed by atoms with Gasteiger partial charge in [0.1, 0.15) is 29.6 Å². The maximum absolute atomic E-state index is 13.5. The number of aromatic nitrogens is 2. The molecule has 2 amide bonds. The van der Waals surface area contributed by atoms with E-state index < -0.39 is 23.2 Å². The minimum absolute atomic E-state index is 0.00101. The van der Waals surface area contributed by atoms with E-state index in [-0.39, 0.29) is 24.6 Å². The van der Waals surface area contributed by atoms with Gasteiger partial charge in [-0.05, 0) is 56.9 Å². The van der Waals surface area contributed by atoms with E-state index in [1.165, 1.54) is 4.90 Å². The van der Waals surface area contributed by atoms with Gasteiger partial charge in [0.15, 0.2) is 0 Å². The molecule has 3 aromatic rings. The number of rotatable bonds is 5. The summed E-state index contributed by atoms with van der Waals surface area (Å²) >= 11 is 0. The molecule has 11 heteroatoms. The van der Waals surface area contributed by atoms with Gasteiger partial charge in [0.2, 0.25) is 5.91 Å². The molecule has 0 bridgehead atoms. The van der Waals surface area contributed by atoms with Gasteiger partial charge >= 0.3 is 0 Å². The van der Waals surface area contributed by atoms with Crippen LogP contribution in [0.2, 0.25) is 0 Å². The number of halogens is 2. The van der Waals surface area contributed by atoms with Crippen LogP contribution in [0.15, 0.2) is 60.0 Å². The first-order chi connectivity index (χ1) is 17.7. The Morgan fingerprint density at radius 1 is 1.14 bits per heavy atom. The molecule has 37 heavy (non-hydrogen) atoms. The molecule has 1 fully saturated rings. The van der Waals surface area contributed by atoms with Crippen LogP contribution < -0.4 is 5.32 Å². The minimum Gasteiger partial charge on any atom is -0.483 e. The Bertz CT molecular complexity index is 1330. The van der Waals surface area contributed by atoms with Gasteiger partial charge in [-0.2, -0.15) is 0 Å². The number of hydrogen-bond donors (Lipinski definition) is 2. The zero-order chi connectivity index (χ0) is 26.6. The Hall–Kier alpha value is -4.41. The van der Waals surface area contributed by atoms with Gasteiger partial charge in [-0.1, -0.05) is 12.1 Å². The van der Waals surface area contributed by atoms with E-state index in [9.17, 15) is 18.4 Å². The summed E-state index contributed by atoms with van der Waals surface area (Å²) in [7, 11) is 0. The maximum Gasteiger partial charge on any atom is 0.290 e. The summed E-state index contributed by atoms with van der Waals surface area (Å²) in [6, 6.07) is 10.2. The van der Waals surface area contributed by atoms with Gasteiger partial charge in [-0.25, -0.2) is 13.8 Å². The van der Waals surface area contributed by atoms with Crippen LogP contribution in [0.5, 0.6) is 0 Å². The lowest BCUT2D eigenvalue weighted by Gasteiger charge is -2.32. The largest absolute Gasteiger partial charge is 0.483 e. The monoisotopic (exact) mass is 509 g/mol. The Balaban J connectivity index is 0.00000102. The number of nitrogens with zero attached hydrogens (tertiary/aromatic N) is 4. The number of nitrogens with one attached hydrogen (secondary N) is 1. The molecule has 192 valence electrons. The van der Waals surface area contributed by atoms with Crippen LogP contribution in [-0.4, -0.2) is 55.8 Å². The molecule has 5 rings (SSSR count). The number of anilines is 1. The molecule has 0 atom stereocenters. The molecular formula is C26H25F2N5O4. The van der Waals surface area contributed by atoms with Crippen LogP contribution in [-0.2, 0) is 14.4 Å². The first-order valence-corrected chi connectivity index (χ1v) is 11.6. The first-order valence-electron chi connectivity index (χ1n) is 11.6. The molecule has 9 nitrogen and oxygen atoms in total. The number of carbonyl (C=O) groups excluding carboxylic acids is 2. The topological polar surface area (TPSA) is 117 Å². The highest BCUT2D eigenvalue weighted by atomic mass is 19.1. The van der Waals surface area contributed by atoms with Gasteiger partial charge in [0.25, 0.3) is 12.4 Å². The van der Waals surface area contributed by atoms with Gasteiger partial charge in [-0.3, -0.25) is 19.4 Å². The second kappa shape index (κ2) is 10.7. The van der Waals surface area contributed by atoms with E-state index in [1.807, 2.05) is 42.0 Å². The van der Waals surface area contributed by atoms with Gasteiger partial charge in [0, 0.05) is 29.2 Å². The summed E-state index contributed by atoms with van der Waals surface area (Å²) in [5, 5.41) is 9.38. The Morgan fingerprint density at radius 3 is 2.32 bits per heavy atom. The summed E-state index contributed by atoms with van der Waals surface area (Å²) in [5.74, 6) is -2.44. The molecule has 1 aromatic heterocycles. The Morgan fingerprint density at radius 2 is 1.76 bits per heavy atom. The number of hydrogen-bond acceptors (Lipinski definition) is 5. The van der Waals surface area contributed by atoms with Crippen molar-refractivity contribution in [3.63, 3.8) is 0 Å². The fraction of sp³-hybridized carbons (Fsp3) is 0.269. The molecule has 2 N–H and O–H groups in total. The zero-order valence-corrected chi connectivity index (χ0v) is 20.0. The molecule has 1 spiro atoms. The second-order valence-corrected chi connectivity index (χ2v) is 8.82. The number of aryl methyl sites for hydroxylation is 1. The number of imidazole rings is 1. The highest BCUT2D eigenvalue weighted by molar-refractivity contribution is 6.47. The number of carboxylic acid groups (broad SMARTS) is 1. The van der Waals surface area contributed by atoms with Crippen LogP contribution in [0.25, 0.3) is 5.69 Å². The van der Waals surface area contributed by atoms with Crippen molar-refractivity contribution < 1.29 is 28.3 Å². The smallest absolute Gasteiger partial charge is 0.290 e. The third kappa shape index (κ3) is 5.55. The first kappa shape index (κ1) is 25.7. The normalized spacial score (nSPS) is 15.8. The molecule has 2 aliphatic rings. The number of aliphatic imine (C=N–C) groups is 1. The fourth-order valence-corrected chi connectivity index (χ4v) is 4.69. The van der Waals surface area contributed by atoms with E-state index in [1.54, 1.807) is 6.33 Å². The van der Waals surface area contributed by atoms with Crippen molar-refractivity contribution in [2.45, 2.75) is 38.3 Å². The van der Waals surface area contributed by atoms with Crippen molar-refractivity contribution in [1.29, 1.82) is 0 Å². The Kier molecular flexibility index (Phi) is 7.42. The molecule has 2 aromatic carbocycles. The Labute approximate surface area is 211 Å². The van der Waals surface area contributed by atoms with Crippen molar-refractivity contribution in [3.05, 3.63) is 77.9 Å². The molecule has 1 aliphatic carbocycles. The van der Waals surface area contributed by atoms with Crippen LogP contribution >= 0.6 is 0 Å². The summed E-state index contributed by atoms with van der Waals surface area (Å²) in [5.41, 5.74) is 2.03. The third-order valence-electron chi connectivity index (χ3n) is 6.27. The number of carbonyl (C=O) groups is 3. The molecular weight excluding hydrogens is 484 g/mol. The van der Waals surface area contributed by atoms with Crippen molar-refractivity contribution in [2.75, 3.05) is 11.9 Å². The van der Waals surface area contributed by atoms with Crippen molar-refractivity contribution in [3.8, 4) is 5.69 Å². The van der Waals surface area contributed by atoms with Crippen LogP contribution in [0.4, 0.5) is 14.5 Å². The molecule has 1 saturated carbocycles. The van der Waals surface area contributed by atoms with E-state index in [0.29, 0.717) is 24.1 Å². The molecule has 1 aliphatic heterocycles. The molecule has 0 unspecified atom stereocenters. The van der Waals surface area contributed by atoms with E-state index in [2.05, 4.69) is 10.3 Å². The van der Waals surface area contributed by atoms with Crippen LogP contribution in [0.3, 0.4) is 0 Å². The third-order valence-corrected chi connectivity index (χ3v) is 6.27. The lowest BCUT2D eigenvalue weighted by molar-refractivity contribution is -0.132. The van der Waals surface area contributed by atoms with Crippen LogP contribution in [0, 0.1) is 18.6 Å². The molecule has 2 heterocycles. The van der Waals surface area contributed by atoms with E-state index in [0.717, 1.165) is 42.4 Å². The van der Waals surface area contributed by atoms with Gasteiger partial charge in [0.05, 0.1) is 12.0 Å². The maximum atomic E-state index is 13.5. The predicted octanol–water partition coefficient (Wildman–Crippen LogP) is 3.70. The molecule has 0 saturated heterocycles. The standard InChI is InChI=1S/C25H23F2N5O2.CH2O2/c1-16-13-31(15-28-16)21-6-4-17(5-7-21)23-24(34)32(25(30-23)8-2-3-9-25)14-22(33)29-20-11-18(26)10-19(27)12-20;2-1-3/h4-7,10-13,15H,2-3,8-9,14H2,1H3,(H,29,33);1H,(H,2,3). The summed E-state index contributed by atoms with van der Waals surface area (Å²) < 4.78 is 28.9. The van der Waals surface area contributed by atoms with E-state index in [4.69, 9.17) is 14.9 Å². The fourth-order valence-electron chi connectivity index (χ4n) is 4.69. The SMILES string of the molecule is Cc1cn(-c2ccc(C3=NC4(CCCC4)N(CC(=O)Nc4cc(F)cc(F)c4)C3=O)cc2)cn1.O=CO. The van der Waals surface area contributed by atoms with Crippen LogP contribution in [0.1, 0.15) is 36.9 Å². The summed E-state index contributed by atoms with van der Waals surface area (Å²) in [6.07, 6.45) is 6.76.